The molecule has 1 N–H and O–H groups in total. The molecule has 5 heteroatoms. The topological polar surface area (TPSA) is 59.0 Å². The SMILES string of the molecule is CCCCCC#CCC1(O)CC2COCC(C1)N2C(=O)OCc1ccccc1. The van der Waals surface area contributed by atoms with Crippen LogP contribution in [0.2, 0.25) is 0 Å². The minimum Gasteiger partial charge on any atom is -0.445 e. The van der Waals surface area contributed by atoms with Gasteiger partial charge < -0.3 is 14.6 Å². The Morgan fingerprint density at radius 1 is 1.21 bits per heavy atom. The third-order valence-corrected chi connectivity index (χ3v) is 5.50. The minimum absolute atomic E-state index is 0.164. The molecule has 0 aromatic heterocycles. The van der Waals surface area contributed by atoms with Gasteiger partial charge in [-0.2, -0.15) is 0 Å². The lowest BCUT2D eigenvalue weighted by Gasteiger charge is -2.50. The number of fused-ring (bicyclic) bond motifs is 2. The maximum atomic E-state index is 12.7. The van der Waals surface area contributed by atoms with Crippen molar-refractivity contribution in [2.45, 2.75) is 76.2 Å². The first kappa shape index (κ1) is 20.7. The highest BCUT2D eigenvalue weighted by molar-refractivity contribution is 5.69. The van der Waals surface area contributed by atoms with E-state index in [2.05, 4.69) is 18.8 Å². The predicted octanol–water partition coefficient (Wildman–Crippen LogP) is 3.89. The van der Waals surface area contributed by atoms with E-state index in [9.17, 15) is 9.90 Å². The number of ether oxygens (including phenoxy) is 2. The van der Waals surface area contributed by atoms with Crippen LogP contribution in [0.25, 0.3) is 0 Å². The number of amides is 1. The molecule has 2 bridgehead atoms. The Bertz CT molecular complexity index is 680. The van der Waals surface area contributed by atoms with Crippen molar-refractivity contribution in [3.05, 3.63) is 35.9 Å². The Balaban J connectivity index is 1.55. The van der Waals surface area contributed by atoms with Gasteiger partial charge in [0.05, 0.1) is 30.9 Å². The van der Waals surface area contributed by atoms with E-state index in [-0.39, 0.29) is 24.8 Å². The molecule has 3 rings (SSSR count). The lowest BCUT2D eigenvalue weighted by molar-refractivity contribution is -0.131. The molecular formula is C23H31NO4. The summed E-state index contributed by atoms with van der Waals surface area (Å²) in [7, 11) is 0. The fraction of sp³-hybridized carbons (Fsp3) is 0.609. The number of rotatable bonds is 6. The number of carbonyl (C=O) groups is 1. The van der Waals surface area contributed by atoms with E-state index in [1.807, 2.05) is 30.3 Å². The quantitative estimate of drug-likeness (QED) is 0.596. The zero-order valence-corrected chi connectivity index (χ0v) is 16.7. The molecule has 1 aromatic rings. The van der Waals surface area contributed by atoms with Crippen LogP contribution in [0.3, 0.4) is 0 Å². The van der Waals surface area contributed by atoms with Crippen molar-refractivity contribution in [1.29, 1.82) is 0 Å². The average Bonchev–Trinajstić information content (AvgIpc) is 2.69. The summed E-state index contributed by atoms with van der Waals surface area (Å²) in [6.07, 6.45) is 5.47. The number of morpholine rings is 1. The normalized spacial score (nSPS) is 26.3. The lowest BCUT2D eigenvalue weighted by Crippen LogP contribution is -2.63. The van der Waals surface area contributed by atoms with Crippen molar-refractivity contribution in [3.63, 3.8) is 0 Å². The van der Waals surface area contributed by atoms with Crippen molar-refractivity contribution in [2.75, 3.05) is 13.2 Å². The Kier molecular flexibility index (Phi) is 7.36. The second kappa shape index (κ2) is 9.95. The molecule has 152 valence electrons. The molecule has 2 unspecified atom stereocenters. The van der Waals surface area contributed by atoms with Gasteiger partial charge in [-0.05, 0) is 24.8 Å². The van der Waals surface area contributed by atoms with Crippen LogP contribution in [0, 0.1) is 11.8 Å². The summed E-state index contributed by atoms with van der Waals surface area (Å²) < 4.78 is 11.2. The van der Waals surface area contributed by atoms with E-state index in [0.29, 0.717) is 32.5 Å². The first-order valence-electron chi connectivity index (χ1n) is 10.4. The third-order valence-electron chi connectivity index (χ3n) is 5.50. The molecule has 2 atom stereocenters. The van der Waals surface area contributed by atoms with Gasteiger partial charge in [-0.3, -0.25) is 4.90 Å². The zero-order chi connectivity index (χ0) is 19.8. The molecule has 2 saturated heterocycles. The highest BCUT2D eigenvalue weighted by Gasteiger charge is 2.48. The van der Waals surface area contributed by atoms with Gasteiger partial charge in [-0.25, -0.2) is 4.79 Å². The molecule has 0 spiro atoms. The monoisotopic (exact) mass is 385 g/mol. The van der Waals surface area contributed by atoms with Crippen LogP contribution in [0.5, 0.6) is 0 Å². The largest absolute Gasteiger partial charge is 0.445 e. The molecule has 2 fully saturated rings. The van der Waals surface area contributed by atoms with Crippen LogP contribution in [-0.4, -0.2) is 47.0 Å². The second-order valence-corrected chi connectivity index (χ2v) is 7.91. The second-order valence-electron chi connectivity index (χ2n) is 7.91. The van der Waals surface area contributed by atoms with E-state index in [4.69, 9.17) is 9.47 Å². The predicted molar refractivity (Wildman–Crippen MR) is 108 cm³/mol. The molecular weight excluding hydrogens is 354 g/mol. The van der Waals surface area contributed by atoms with Crippen LogP contribution in [0.4, 0.5) is 4.79 Å². The van der Waals surface area contributed by atoms with Crippen molar-refractivity contribution < 1.29 is 19.4 Å². The fourth-order valence-corrected chi connectivity index (χ4v) is 4.09. The maximum Gasteiger partial charge on any atom is 0.410 e. The van der Waals surface area contributed by atoms with Crippen LogP contribution >= 0.6 is 0 Å². The number of hydrogen-bond donors (Lipinski definition) is 1. The number of aliphatic hydroxyl groups is 1. The maximum absolute atomic E-state index is 12.7. The number of benzene rings is 1. The number of carbonyl (C=O) groups excluding carboxylic acids is 1. The molecule has 0 radical (unpaired) electrons. The van der Waals surface area contributed by atoms with Crippen molar-refractivity contribution in [1.82, 2.24) is 4.90 Å². The number of unbranched alkanes of at least 4 members (excludes halogenated alkanes) is 3. The van der Waals surface area contributed by atoms with Crippen LogP contribution in [-0.2, 0) is 16.1 Å². The summed E-state index contributed by atoms with van der Waals surface area (Å²) in [5.74, 6) is 6.34. The molecule has 2 aliphatic rings. The highest BCUT2D eigenvalue weighted by Crippen LogP contribution is 2.36. The minimum atomic E-state index is -0.854. The summed E-state index contributed by atoms with van der Waals surface area (Å²) in [5, 5.41) is 11.1. The number of hydrogen-bond acceptors (Lipinski definition) is 4. The molecule has 1 aromatic carbocycles. The van der Waals surface area contributed by atoms with Crippen molar-refractivity contribution in [3.8, 4) is 11.8 Å². The van der Waals surface area contributed by atoms with Gasteiger partial charge in [0.2, 0.25) is 0 Å². The van der Waals surface area contributed by atoms with Gasteiger partial charge in [0.1, 0.15) is 6.61 Å². The standard InChI is InChI=1S/C23H31NO4/c1-2-3-4-5-6-10-13-23(26)14-20-17-27-18-21(15-23)24(20)22(25)28-16-19-11-8-7-9-12-19/h7-9,11-12,20-21,26H,2-5,13-18H2,1H3. The smallest absolute Gasteiger partial charge is 0.410 e. The van der Waals surface area contributed by atoms with Crippen LogP contribution in [0.1, 0.15) is 57.4 Å². The summed E-state index contributed by atoms with van der Waals surface area (Å²) >= 11 is 0. The Morgan fingerprint density at radius 3 is 2.61 bits per heavy atom. The van der Waals surface area contributed by atoms with Gasteiger partial charge in [-0.15, -0.1) is 11.8 Å². The van der Waals surface area contributed by atoms with E-state index in [1.54, 1.807) is 4.90 Å². The van der Waals surface area contributed by atoms with Gasteiger partial charge in [0.25, 0.3) is 0 Å². The fourth-order valence-electron chi connectivity index (χ4n) is 4.09. The highest BCUT2D eigenvalue weighted by atomic mass is 16.6. The van der Waals surface area contributed by atoms with E-state index >= 15 is 0 Å². The van der Waals surface area contributed by atoms with Crippen LogP contribution < -0.4 is 0 Å². The number of piperidine rings is 1. The van der Waals surface area contributed by atoms with Crippen molar-refractivity contribution >= 4 is 6.09 Å². The van der Waals surface area contributed by atoms with E-state index in [0.717, 1.165) is 18.4 Å². The molecule has 0 aliphatic carbocycles. The summed E-state index contributed by atoms with van der Waals surface area (Å²) in [5.41, 5.74) is 0.108. The van der Waals surface area contributed by atoms with Gasteiger partial charge in [-0.1, -0.05) is 50.1 Å². The Hall–Kier alpha value is -2.03. The molecule has 2 aliphatic heterocycles. The lowest BCUT2D eigenvalue weighted by atomic mass is 9.79. The molecule has 1 amide bonds. The van der Waals surface area contributed by atoms with E-state index in [1.165, 1.54) is 12.8 Å². The molecule has 5 nitrogen and oxygen atoms in total. The first-order valence-corrected chi connectivity index (χ1v) is 10.4. The average molecular weight is 386 g/mol. The van der Waals surface area contributed by atoms with Gasteiger partial charge >= 0.3 is 6.09 Å². The van der Waals surface area contributed by atoms with E-state index < -0.39 is 5.60 Å². The third kappa shape index (κ3) is 5.50. The number of nitrogens with zero attached hydrogens (tertiary/aromatic N) is 1. The summed E-state index contributed by atoms with van der Waals surface area (Å²) in [4.78, 5) is 14.5. The molecule has 0 saturated carbocycles. The van der Waals surface area contributed by atoms with Gasteiger partial charge in [0.15, 0.2) is 0 Å². The zero-order valence-electron chi connectivity index (χ0n) is 16.7. The summed E-state index contributed by atoms with van der Waals surface area (Å²) in [6.45, 7) is 3.30. The van der Waals surface area contributed by atoms with Crippen LogP contribution in [0.15, 0.2) is 30.3 Å². The Morgan fingerprint density at radius 2 is 1.93 bits per heavy atom. The first-order chi connectivity index (χ1) is 13.6. The van der Waals surface area contributed by atoms with Crippen molar-refractivity contribution in [2.24, 2.45) is 0 Å². The Labute approximate surface area is 168 Å². The molecule has 28 heavy (non-hydrogen) atoms. The van der Waals surface area contributed by atoms with Gasteiger partial charge in [0, 0.05) is 12.8 Å². The molecule has 2 heterocycles. The summed E-state index contributed by atoms with van der Waals surface area (Å²) in [6, 6.07) is 9.33.